The van der Waals surface area contributed by atoms with Crippen molar-refractivity contribution in [2.45, 2.75) is 58.0 Å². The number of carbonyl (C=O) groups excluding carboxylic acids is 1. The second kappa shape index (κ2) is 18.5. The molecule has 0 spiro atoms. The third-order valence-corrected chi connectivity index (χ3v) is 7.22. The maximum atomic E-state index is 12.4. The van der Waals surface area contributed by atoms with Gasteiger partial charge in [-0.3, -0.25) is 4.79 Å². The Kier molecular flexibility index (Phi) is 14.1. The van der Waals surface area contributed by atoms with E-state index in [1.807, 2.05) is 24.3 Å². The molecule has 0 radical (unpaired) electrons. The number of ether oxygens (including phenoxy) is 5. The van der Waals surface area contributed by atoms with Crippen LogP contribution in [-0.4, -0.2) is 84.6 Å². The van der Waals surface area contributed by atoms with E-state index in [2.05, 4.69) is 38.5 Å². The Morgan fingerprint density at radius 1 is 1.02 bits per heavy atom. The molecule has 0 aliphatic carbocycles. The van der Waals surface area contributed by atoms with Gasteiger partial charge in [-0.05, 0) is 42.0 Å². The minimum atomic E-state index is -0.166. The zero-order valence-electron chi connectivity index (χ0n) is 25.1. The van der Waals surface area contributed by atoms with Crippen LogP contribution in [-0.2, 0) is 41.6 Å². The van der Waals surface area contributed by atoms with E-state index < -0.39 is 0 Å². The second-order valence-electron chi connectivity index (χ2n) is 10.1. The molecule has 4 rings (SSSR count). The van der Waals surface area contributed by atoms with Crippen molar-refractivity contribution in [1.29, 1.82) is 0 Å². The van der Waals surface area contributed by atoms with Crippen molar-refractivity contribution in [3.63, 3.8) is 0 Å². The highest BCUT2D eigenvalue weighted by molar-refractivity contribution is 6.28. The molecule has 1 saturated heterocycles. The minimum absolute atomic E-state index is 0.0923. The molecule has 2 atom stereocenters. The van der Waals surface area contributed by atoms with Crippen molar-refractivity contribution in [3.05, 3.63) is 46.9 Å². The standard InChI is InChI=1S/C31H41ClN6O6/c1-3-12-40-14-16-42-18-19-43-17-15-41-13-11-27(39)33-20-23-7-5-6-8-24(23)21-34-29-26-22-35-38(30(26)37-31(32)36-29)28-10-9-25(4-2)44-28/h1,5-8,22,25,28H,4,9-21H2,2H3,(H,33,39)(H,34,36,37). The number of benzene rings is 1. The lowest BCUT2D eigenvalue weighted by atomic mass is 10.1. The summed E-state index contributed by atoms with van der Waals surface area (Å²) >= 11 is 6.30. The predicted molar refractivity (Wildman–Crippen MR) is 166 cm³/mol. The third kappa shape index (κ3) is 10.4. The first-order chi connectivity index (χ1) is 21.6. The normalized spacial score (nSPS) is 16.3. The third-order valence-electron chi connectivity index (χ3n) is 7.06. The van der Waals surface area contributed by atoms with Gasteiger partial charge in [-0.1, -0.05) is 37.1 Å². The van der Waals surface area contributed by atoms with Gasteiger partial charge in [0, 0.05) is 19.5 Å². The van der Waals surface area contributed by atoms with E-state index in [0.717, 1.165) is 35.8 Å². The zero-order chi connectivity index (χ0) is 31.0. The number of aromatic nitrogens is 4. The average Bonchev–Trinajstić information content (AvgIpc) is 3.68. The van der Waals surface area contributed by atoms with Crippen molar-refractivity contribution in [1.82, 2.24) is 25.1 Å². The molecule has 2 aromatic heterocycles. The lowest BCUT2D eigenvalue weighted by Crippen LogP contribution is -2.25. The minimum Gasteiger partial charge on any atom is -0.379 e. The number of amides is 1. The quantitative estimate of drug-likeness (QED) is 0.108. The van der Waals surface area contributed by atoms with Gasteiger partial charge in [0.1, 0.15) is 12.4 Å². The van der Waals surface area contributed by atoms with E-state index in [1.54, 1.807) is 10.9 Å². The van der Waals surface area contributed by atoms with Gasteiger partial charge >= 0.3 is 0 Å². The number of terminal acetylenes is 1. The Labute approximate surface area is 263 Å². The lowest BCUT2D eigenvalue weighted by molar-refractivity contribution is -0.122. The van der Waals surface area contributed by atoms with Crippen LogP contribution in [0.25, 0.3) is 11.0 Å². The SMILES string of the molecule is C#CCOCCOCCOCCOCCC(=O)NCc1ccccc1CNc1nc(Cl)nc2c1cnn2C1CCC(CC)O1. The van der Waals surface area contributed by atoms with Gasteiger partial charge in [-0.15, -0.1) is 6.42 Å². The van der Waals surface area contributed by atoms with Gasteiger partial charge in [-0.2, -0.15) is 15.1 Å². The smallest absolute Gasteiger partial charge is 0.226 e. The molecule has 1 aromatic carbocycles. The van der Waals surface area contributed by atoms with Crippen LogP contribution in [0.15, 0.2) is 30.5 Å². The maximum Gasteiger partial charge on any atom is 0.226 e. The summed E-state index contributed by atoms with van der Waals surface area (Å²) in [5.41, 5.74) is 2.64. The summed E-state index contributed by atoms with van der Waals surface area (Å²) < 4.78 is 29.4. The van der Waals surface area contributed by atoms with Gasteiger partial charge in [0.25, 0.3) is 0 Å². The van der Waals surface area contributed by atoms with Crippen LogP contribution in [0.1, 0.15) is 50.0 Å². The molecule has 44 heavy (non-hydrogen) atoms. The van der Waals surface area contributed by atoms with E-state index in [1.165, 1.54) is 0 Å². The van der Waals surface area contributed by atoms with Gasteiger partial charge in [0.2, 0.25) is 11.2 Å². The number of halogens is 1. The highest BCUT2D eigenvalue weighted by Gasteiger charge is 2.28. The molecule has 1 aliphatic rings. The van der Waals surface area contributed by atoms with E-state index in [0.29, 0.717) is 70.8 Å². The largest absolute Gasteiger partial charge is 0.379 e. The number of fused-ring (bicyclic) bond motifs is 1. The predicted octanol–water partition coefficient (Wildman–Crippen LogP) is 3.89. The van der Waals surface area contributed by atoms with Crippen molar-refractivity contribution in [2.24, 2.45) is 0 Å². The van der Waals surface area contributed by atoms with Crippen molar-refractivity contribution >= 4 is 34.4 Å². The number of nitrogens with zero attached hydrogens (tertiary/aromatic N) is 4. The van der Waals surface area contributed by atoms with Gasteiger partial charge < -0.3 is 34.3 Å². The average molecular weight is 629 g/mol. The molecule has 1 aliphatic heterocycles. The molecule has 2 unspecified atom stereocenters. The first kappa shape index (κ1) is 33.6. The Bertz CT molecular complexity index is 1370. The number of rotatable bonds is 20. The van der Waals surface area contributed by atoms with Crippen LogP contribution < -0.4 is 10.6 Å². The van der Waals surface area contributed by atoms with Crippen molar-refractivity contribution in [3.8, 4) is 12.3 Å². The number of hydrogen-bond acceptors (Lipinski definition) is 10. The summed E-state index contributed by atoms with van der Waals surface area (Å²) in [6, 6.07) is 7.90. The van der Waals surface area contributed by atoms with Crippen LogP contribution in [0.2, 0.25) is 5.28 Å². The number of carbonyl (C=O) groups is 1. The topological polar surface area (TPSA) is 131 Å². The van der Waals surface area contributed by atoms with Crippen LogP contribution >= 0.6 is 11.6 Å². The van der Waals surface area contributed by atoms with Crippen LogP contribution in [0, 0.1) is 12.3 Å². The number of anilines is 1. The number of hydrogen-bond donors (Lipinski definition) is 2. The highest BCUT2D eigenvalue weighted by Crippen LogP contribution is 2.33. The van der Waals surface area contributed by atoms with Gasteiger partial charge in [0.05, 0.1) is 63.9 Å². The van der Waals surface area contributed by atoms with Gasteiger partial charge in [0.15, 0.2) is 11.9 Å². The Balaban J connectivity index is 1.17. The summed E-state index contributed by atoms with van der Waals surface area (Å²) in [7, 11) is 0. The first-order valence-electron chi connectivity index (χ1n) is 15.0. The summed E-state index contributed by atoms with van der Waals surface area (Å²) in [5.74, 6) is 2.90. The summed E-state index contributed by atoms with van der Waals surface area (Å²) in [4.78, 5) is 21.3. The Morgan fingerprint density at radius 3 is 2.39 bits per heavy atom. The van der Waals surface area contributed by atoms with Crippen molar-refractivity contribution in [2.75, 3.05) is 58.2 Å². The van der Waals surface area contributed by atoms with E-state index in [9.17, 15) is 4.79 Å². The Hall–Kier alpha value is -3.31. The molecule has 3 aromatic rings. The molecular weight excluding hydrogens is 588 g/mol. The number of nitrogens with one attached hydrogen (secondary N) is 2. The molecule has 12 nitrogen and oxygen atoms in total. The first-order valence-corrected chi connectivity index (χ1v) is 15.3. The fraction of sp³-hybridized carbons (Fsp3) is 0.548. The van der Waals surface area contributed by atoms with E-state index in [4.69, 9.17) is 41.7 Å². The molecule has 2 N–H and O–H groups in total. The second-order valence-corrected chi connectivity index (χ2v) is 10.4. The van der Waals surface area contributed by atoms with E-state index >= 15 is 0 Å². The highest BCUT2D eigenvalue weighted by atomic mass is 35.5. The molecule has 3 heterocycles. The molecule has 0 saturated carbocycles. The van der Waals surface area contributed by atoms with Crippen LogP contribution in [0.3, 0.4) is 0 Å². The molecule has 1 fully saturated rings. The lowest BCUT2D eigenvalue weighted by Gasteiger charge is -2.14. The van der Waals surface area contributed by atoms with Crippen molar-refractivity contribution < 1.29 is 28.5 Å². The fourth-order valence-electron chi connectivity index (χ4n) is 4.73. The molecular formula is C31H41ClN6O6. The van der Waals surface area contributed by atoms with Gasteiger partial charge in [-0.25, -0.2) is 4.68 Å². The van der Waals surface area contributed by atoms with Crippen LogP contribution in [0.5, 0.6) is 0 Å². The van der Waals surface area contributed by atoms with Crippen LogP contribution in [0.4, 0.5) is 5.82 Å². The Morgan fingerprint density at radius 2 is 1.70 bits per heavy atom. The maximum absolute atomic E-state index is 12.4. The molecule has 1 amide bonds. The molecule has 13 heteroatoms. The summed E-state index contributed by atoms with van der Waals surface area (Å²) in [6.07, 6.45) is 9.99. The molecule has 238 valence electrons. The monoisotopic (exact) mass is 628 g/mol. The molecule has 0 bridgehead atoms. The van der Waals surface area contributed by atoms with E-state index in [-0.39, 0.29) is 36.6 Å². The zero-order valence-corrected chi connectivity index (χ0v) is 25.9. The summed E-state index contributed by atoms with van der Waals surface area (Å²) in [5, 5.41) is 11.8. The fourth-order valence-corrected chi connectivity index (χ4v) is 4.90. The summed E-state index contributed by atoms with van der Waals surface area (Å²) in [6.45, 7) is 6.28.